The van der Waals surface area contributed by atoms with Crippen molar-refractivity contribution in [2.24, 2.45) is 0 Å². The largest absolute Gasteiger partial charge is 0.368 e. The summed E-state index contributed by atoms with van der Waals surface area (Å²) in [6.07, 6.45) is 3.77. The van der Waals surface area contributed by atoms with Gasteiger partial charge in [-0.2, -0.15) is 4.98 Å². The second kappa shape index (κ2) is 3.74. The number of benzene rings is 1. The number of fused-ring (bicyclic) bond motifs is 1. The van der Waals surface area contributed by atoms with Gasteiger partial charge in [0.1, 0.15) is 12.2 Å². The summed E-state index contributed by atoms with van der Waals surface area (Å²) in [6, 6.07) is 8.00. The van der Waals surface area contributed by atoms with Crippen molar-refractivity contribution in [2.45, 2.75) is 18.8 Å². The van der Waals surface area contributed by atoms with Gasteiger partial charge >= 0.3 is 0 Å². The van der Waals surface area contributed by atoms with Gasteiger partial charge in [0.25, 0.3) is 0 Å². The first-order valence-corrected chi connectivity index (χ1v) is 6.25. The van der Waals surface area contributed by atoms with Crippen molar-refractivity contribution in [1.82, 2.24) is 24.5 Å². The molecule has 1 aromatic carbocycles. The van der Waals surface area contributed by atoms with Gasteiger partial charge in [-0.15, -0.1) is 0 Å². The highest BCUT2D eigenvalue weighted by Gasteiger charge is 2.30. The second-order valence-corrected chi connectivity index (χ2v) is 4.71. The summed E-state index contributed by atoms with van der Waals surface area (Å²) in [5, 5.41) is 0. The summed E-state index contributed by atoms with van der Waals surface area (Å²) < 4.78 is 1.99. The molecule has 1 aliphatic carbocycles. The van der Waals surface area contributed by atoms with Crippen LogP contribution in [0.1, 0.15) is 24.6 Å². The quantitative estimate of drug-likeness (QED) is 0.750. The van der Waals surface area contributed by atoms with Crippen LogP contribution in [0.2, 0.25) is 0 Å². The predicted octanol–water partition coefficient (Wildman–Crippen LogP) is 1.67. The van der Waals surface area contributed by atoms with E-state index in [1.165, 1.54) is 19.2 Å². The average Bonchev–Trinajstić information content (AvgIpc) is 3.19. The van der Waals surface area contributed by atoms with E-state index in [0.717, 1.165) is 16.9 Å². The molecular weight excluding hydrogens is 240 g/mol. The predicted molar refractivity (Wildman–Crippen MR) is 70.8 cm³/mol. The molecule has 19 heavy (non-hydrogen) atoms. The number of nitrogens with zero attached hydrogens (tertiary/aromatic N) is 5. The summed E-state index contributed by atoms with van der Waals surface area (Å²) >= 11 is 0. The monoisotopic (exact) mass is 252 g/mol. The molecule has 0 spiro atoms. The summed E-state index contributed by atoms with van der Waals surface area (Å²) in [6.45, 7) is 0. The van der Waals surface area contributed by atoms with Crippen molar-refractivity contribution in [1.29, 1.82) is 0 Å². The molecule has 2 N–H and O–H groups in total. The molecular formula is C13H12N6. The van der Waals surface area contributed by atoms with E-state index < -0.39 is 0 Å². The van der Waals surface area contributed by atoms with Crippen LogP contribution in [-0.2, 0) is 0 Å². The van der Waals surface area contributed by atoms with Gasteiger partial charge in [0.15, 0.2) is 0 Å². The van der Waals surface area contributed by atoms with E-state index >= 15 is 0 Å². The summed E-state index contributed by atoms with van der Waals surface area (Å²) in [4.78, 5) is 17.0. The molecule has 4 rings (SSSR count). The third-order valence-electron chi connectivity index (χ3n) is 3.31. The second-order valence-electron chi connectivity index (χ2n) is 4.71. The average molecular weight is 252 g/mol. The lowest BCUT2D eigenvalue weighted by molar-refractivity contribution is 0.835. The highest BCUT2D eigenvalue weighted by atomic mass is 15.2. The van der Waals surface area contributed by atoms with Gasteiger partial charge in [-0.25, -0.2) is 15.0 Å². The van der Waals surface area contributed by atoms with Gasteiger partial charge in [0.2, 0.25) is 11.9 Å². The Bertz CT molecular complexity index is 759. The molecule has 0 amide bonds. The maximum Gasteiger partial charge on any atom is 0.240 e. The molecule has 6 nitrogen and oxygen atoms in total. The van der Waals surface area contributed by atoms with E-state index in [9.17, 15) is 0 Å². The Labute approximate surface area is 109 Å². The van der Waals surface area contributed by atoms with E-state index in [0.29, 0.717) is 11.9 Å². The lowest BCUT2D eigenvalue weighted by atomic mass is 10.3. The van der Waals surface area contributed by atoms with E-state index in [-0.39, 0.29) is 5.95 Å². The number of nitrogen functional groups attached to an aromatic ring is 1. The minimum atomic E-state index is 0.226. The Morgan fingerprint density at radius 3 is 2.74 bits per heavy atom. The number of hydrogen-bond donors (Lipinski definition) is 1. The zero-order valence-electron chi connectivity index (χ0n) is 10.2. The fourth-order valence-electron chi connectivity index (χ4n) is 2.28. The van der Waals surface area contributed by atoms with Crippen molar-refractivity contribution in [3.63, 3.8) is 0 Å². The standard InChI is InChI=1S/C13H12N6/c14-12-15-7-16-13(18-12)19-10-4-2-1-3-9(10)17-11(19)8-5-6-8/h1-4,7-8H,5-6H2,(H2,14,15,16,18). The van der Waals surface area contributed by atoms with Crippen molar-refractivity contribution in [3.05, 3.63) is 36.4 Å². The number of hydrogen-bond acceptors (Lipinski definition) is 5. The third kappa shape index (κ3) is 1.64. The number of rotatable bonds is 2. The molecule has 1 aliphatic rings. The first kappa shape index (κ1) is 10.4. The Hall–Kier alpha value is -2.50. The number of nitrogens with two attached hydrogens (primary N) is 1. The van der Waals surface area contributed by atoms with Crippen molar-refractivity contribution in [3.8, 4) is 5.95 Å². The fourth-order valence-corrected chi connectivity index (χ4v) is 2.28. The van der Waals surface area contributed by atoms with Crippen LogP contribution in [0.15, 0.2) is 30.6 Å². The molecule has 2 aromatic heterocycles. The van der Waals surface area contributed by atoms with Crippen LogP contribution in [0.3, 0.4) is 0 Å². The Morgan fingerprint density at radius 2 is 1.95 bits per heavy atom. The first-order chi connectivity index (χ1) is 9.33. The van der Waals surface area contributed by atoms with Crippen LogP contribution >= 0.6 is 0 Å². The zero-order valence-corrected chi connectivity index (χ0v) is 10.2. The highest BCUT2D eigenvalue weighted by Crippen LogP contribution is 2.41. The Balaban J connectivity index is 2.03. The van der Waals surface area contributed by atoms with Crippen LogP contribution in [0.25, 0.3) is 17.0 Å². The van der Waals surface area contributed by atoms with E-state index in [1.54, 1.807) is 0 Å². The van der Waals surface area contributed by atoms with Gasteiger partial charge in [-0.1, -0.05) is 12.1 Å². The van der Waals surface area contributed by atoms with Crippen LogP contribution in [0, 0.1) is 0 Å². The van der Waals surface area contributed by atoms with Crippen LogP contribution in [0.4, 0.5) is 5.95 Å². The molecule has 1 fully saturated rings. The van der Waals surface area contributed by atoms with Gasteiger partial charge in [-0.05, 0) is 25.0 Å². The van der Waals surface area contributed by atoms with Gasteiger partial charge in [0, 0.05) is 5.92 Å². The molecule has 6 heteroatoms. The number of para-hydroxylation sites is 2. The summed E-state index contributed by atoms with van der Waals surface area (Å²) in [5.41, 5.74) is 7.63. The molecule has 0 aliphatic heterocycles. The lowest BCUT2D eigenvalue weighted by Crippen LogP contribution is -2.07. The minimum Gasteiger partial charge on any atom is -0.368 e. The minimum absolute atomic E-state index is 0.226. The molecule has 0 saturated heterocycles. The van der Waals surface area contributed by atoms with Crippen molar-refractivity contribution < 1.29 is 0 Å². The van der Waals surface area contributed by atoms with Crippen LogP contribution in [0.5, 0.6) is 0 Å². The maximum atomic E-state index is 5.65. The molecule has 3 aromatic rings. The molecule has 0 radical (unpaired) electrons. The first-order valence-electron chi connectivity index (χ1n) is 6.25. The lowest BCUT2D eigenvalue weighted by Gasteiger charge is -2.06. The smallest absolute Gasteiger partial charge is 0.240 e. The SMILES string of the molecule is Nc1ncnc(-n2c(C3CC3)nc3ccccc32)n1. The molecule has 0 unspecified atom stereocenters. The summed E-state index contributed by atoms with van der Waals surface area (Å²) in [5.74, 6) is 2.30. The zero-order chi connectivity index (χ0) is 12.8. The van der Waals surface area contributed by atoms with Crippen LogP contribution < -0.4 is 5.73 Å². The highest BCUT2D eigenvalue weighted by molar-refractivity contribution is 5.77. The number of anilines is 1. The van der Waals surface area contributed by atoms with Crippen LogP contribution in [-0.4, -0.2) is 24.5 Å². The fraction of sp³-hybridized carbons (Fsp3) is 0.231. The topological polar surface area (TPSA) is 82.5 Å². The van der Waals surface area contributed by atoms with Crippen molar-refractivity contribution >= 4 is 17.0 Å². The number of aromatic nitrogens is 5. The molecule has 94 valence electrons. The van der Waals surface area contributed by atoms with Gasteiger partial charge in [0.05, 0.1) is 11.0 Å². The molecule has 2 heterocycles. The Morgan fingerprint density at radius 1 is 1.11 bits per heavy atom. The Kier molecular flexibility index (Phi) is 2.05. The van der Waals surface area contributed by atoms with Gasteiger partial charge < -0.3 is 5.73 Å². The van der Waals surface area contributed by atoms with E-state index in [1.807, 2.05) is 28.8 Å². The third-order valence-corrected chi connectivity index (χ3v) is 3.31. The number of imidazole rings is 1. The molecule has 1 saturated carbocycles. The van der Waals surface area contributed by atoms with E-state index in [4.69, 9.17) is 10.7 Å². The summed E-state index contributed by atoms with van der Waals surface area (Å²) in [7, 11) is 0. The normalized spacial score (nSPS) is 14.9. The van der Waals surface area contributed by atoms with Gasteiger partial charge in [-0.3, -0.25) is 4.57 Å². The van der Waals surface area contributed by atoms with E-state index in [2.05, 4.69) is 15.0 Å². The molecule has 0 bridgehead atoms. The molecule has 0 atom stereocenters. The van der Waals surface area contributed by atoms with Crippen molar-refractivity contribution in [2.75, 3.05) is 5.73 Å². The maximum absolute atomic E-state index is 5.65.